The fourth-order valence-corrected chi connectivity index (χ4v) is 3.02. The van der Waals surface area contributed by atoms with Crippen LogP contribution in [-0.2, 0) is 11.2 Å². The molecule has 1 N–H and O–H groups in total. The minimum Gasteiger partial charge on any atom is -0.350 e. The molecule has 1 aliphatic rings. The minimum absolute atomic E-state index is 0.0255. The number of nitrogens with one attached hydrogen (secondary N) is 1. The van der Waals surface area contributed by atoms with E-state index < -0.39 is 11.6 Å². The third kappa shape index (κ3) is 3.52. The second-order valence-electron chi connectivity index (χ2n) is 5.88. The average Bonchev–Trinajstić information content (AvgIpc) is 2.56. The van der Waals surface area contributed by atoms with E-state index >= 15 is 0 Å². The molecule has 1 unspecified atom stereocenters. The van der Waals surface area contributed by atoms with Crippen molar-refractivity contribution in [3.8, 4) is 0 Å². The Hall–Kier alpha value is -1.45. The molecule has 2 nitrogen and oxygen atoms in total. The van der Waals surface area contributed by atoms with Crippen molar-refractivity contribution in [3.63, 3.8) is 0 Å². The van der Waals surface area contributed by atoms with E-state index in [1.165, 1.54) is 12.1 Å². The highest BCUT2D eigenvalue weighted by atomic mass is 19.1. The summed E-state index contributed by atoms with van der Waals surface area (Å²) in [6.45, 7) is 4.16. The van der Waals surface area contributed by atoms with Crippen LogP contribution in [0.5, 0.6) is 0 Å². The highest BCUT2D eigenvalue weighted by Crippen LogP contribution is 2.31. The van der Waals surface area contributed by atoms with Gasteiger partial charge in [0.05, 0.1) is 0 Å². The van der Waals surface area contributed by atoms with Crippen LogP contribution in [0, 0.1) is 17.6 Å². The first-order chi connectivity index (χ1) is 8.88. The van der Waals surface area contributed by atoms with E-state index in [0.717, 1.165) is 18.9 Å². The van der Waals surface area contributed by atoms with Crippen LogP contribution in [0.15, 0.2) is 18.2 Å². The van der Waals surface area contributed by atoms with Gasteiger partial charge >= 0.3 is 0 Å². The van der Waals surface area contributed by atoms with Gasteiger partial charge in [-0.3, -0.25) is 4.79 Å². The lowest BCUT2D eigenvalue weighted by atomic mass is 9.82. The Morgan fingerprint density at radius 2 is 1.89 bits per heavy atom. The van der Waals surface area contributed by atoms with Crippen LogP contribution in [-0.4, -0.2) is 11.4 Å². The van der Waals surface area contributed by atoms with E-state index in [-0.39, 0.29) is 11.4 Å². The molecule has 19 heavy (non-hydrogen) atoms. The molecule has 0 aromatic heterocycles. The van der Waals surface area contributed by atoms with Crippen molar-refractivity contribution >= 4 is 5.91 Å². The Morgan fingerprint density at radius 3 is 2.37 bits per heavy atom. The molecule has 1 fully saturated rings. The molecule has 1 aromatic rings. The van der Waals surface area contributed by atoms with Crippen molar-refractivity contribution < 1.29 is 13.6 Å². The van der Waals surface area contributed by atoms with Crippen molar-refractivity contribution in [1.82, 2.24) is 5.32 Å². The molecule has 1 atom stereocenters. The van der Waals surface area contributed by atoms with Gasteiger partial charge < -0.3 is 5.32 Å². The van der Waals surface area contributed by atoms with Crippen molar-refractivity contribution in [2.45, 2.75) is 45.1 Å². The van der Waals surface area contributed by atoms with Crippen LogP contribution < -0.4 is 5.32 Å². The van der Waals surface area contributed by atoms with Gasteiger partial charge in [0.1, 0.15) is 11.6 Å². The third-order valence-electron chi connectivity index (χ3n) is 3.50. The molecule has 0 saturated carbocycles. The molecule has 2 rings (SSSR count). The van der Waals surface area contributed by atoms with Crippen molar-refractivity contribution in [2.75, 3.05) is 0 Å². The summed E-state index contributed by atoms with van der Waals surface area (Å²) in [4.78, 5) is 11.5. The maximum atomic E-state index is 13.2. The number of carbonyl (C=O) groups excluding carboxylic acids is 1. The Bertz CT molecular complexity index is 467. The number of rotatable bonds is 4. The second-order valence-corrected chi connectivity index (χ2v) is 5.88. The monoisotopic (exact) mass is 267 g/mol. The van der Waals surface area contributed by atoms with E-state index in [1.54, 1.807) is 0 Å². The van der Waals surface area contributed by atoms with Crippen molar-refractivity contribution in [3.05, 3.63) is 35.4 Å². The summed E-state index contributed by atoms with van der Waals surface area (Å²) >= 11 is 0. The molecule has 4 heteroatoms. The maximum absolute atomic E-state index is 13.2. The summed E-state index contributed by atoms with van der Waals surface area (Å²) < 4.78 is 26.5. The zero-order chi connectivity index (χ0) is 14.0. The SMILES string of the molecule is CC(C)CC1(Cc2cc(F)cc(F)c2)CCC(=O)N1. The molecule has 1 saturated heterocycles. The van der Waals surface area contributed by atoms with E-state index in [0.29, 0.717) is 24.3 Å². The molecule has 1 amide bonds. The third-order valence-corrected chi connectivity index (χ3v) is 3.50. The molecule has 0 aliphatic carbocycles. The molecular weight excluding hydrogens is 248 g/mol. The molecule has 0 bridgehead atoms. The van der Waals surface area contributed by atoms with E-state index in [9.17, 15) is 13.6 Å². The predicted octanol–water partition coefficient (Wildman–Crippen LogP) is 3.20. The summed E-state index contributed by atoms with van der Waals surface area (Å²) in [5, 5.41) is 3.00. The number of benzene rings is 1. The first kappa shape index (κ1) is 14.0. The Morgan fingerprint density at radius 1 is 1.26 bits per heavy atom. The number of hydrogen-bond donors (Lipinski definition) is 1. The number of amides is 1. The largest absolute Gasteiger partial charge is 0.350 e. The van der Waals surface area contributed by atoms with E-state index in [2.05, 4.69) is 19.2 Å². The number of carbonyl (C=O) groups is 1. The number of hydrogen-bond acceptors (Lipinski definition) is 1. The zero-order valence-electron chi connectivity index (χ0n) is 11.3. The molecule has 104 valence electrons. The molecule has 1 heterocycles. The van der Waals surface area contributed by atoms with Gasteiger partial charge in [-0.05, 0) is 42.9 Å². The topological polar surface area (TPSA) is 29.1 Å². The minimum atomic E-state index is -0.570. The zero-order valence-corrected chi connectivity index (χ0v) is 11.3. The Labute approximate surface area is 112 Å². The fraction of sp³-hybridized carbons (Fsp3) is 0.533. The first-order valence-electron chi connectivity index (χ1n) is 6.64. The quantitative estimate of drug-likeness (QED) is 0.891. The summed E-state index contributed by atoms with van der Waals surface area (Å²) in [5.41, 5.74) is 0.242. The number of halogens is 2. The van der Waals surface area contributed by atoms with Gasteiger partial charge in [0.25, 0.3) is 0 Å². The average molecular weight is 267 g/mol. The van der Waals surface area contributed by atoms with Crippen LogP contribution in [0.3, 0.4) is 0 Å². The summed E-state index contributed by atoms with van der Waals surface area (Å²) in [6, 6.07) is 3.55. The normalized spacial score (nSPS) is 22.9. The van der Waals surface area contributed by atoms with Crippen LogP contribution in [0.25, 0.3) is 0 Å². The molecule has 0 spiro atoms. The summed E-state index contributed by atoms with van der Waals surface area (Å²) in [5.74, 6) is -0.702. The van der Waals surface area contributed by atoms with Crippen LogP contribution in [0.1, 0.15) is 38.7 Å². The van der Waals surface area contributed by atoms with Gasteiger partial charge in [0.15, 0.2) is 0 Å². The predicted molar refractivity (Wildman–Crippen MR) is 69.6 cm³/mol. The fourth-order valence-electron chi connectivity index (χ4n) is 3.02. The summed E-state index contributed by atoms with van der Waals surface area (Å²) in [6.07, 6.45) is 2.51. The summed E-state index contributed by atoms with van der Waals surface area (Å²) in [7, 11) is 0. The van der Waals surface area contributed by atoms with Gasteiger partial charge in [-0.25, -0.2) is 8.78 Å². The smallest absolute Gasteiger partial charge is 0.220 e. The lowest BCUT2D eigenvalue weighted by Gasteiger charge is -2.31. The van der Waals surface area contributed by atoms with Gasteiger partial charge in [0, 0.05) is 18.0 Å². The first-order valence-corrected chi connectivity index (χ1v) is 6.64. The van der Waals surface area contributed by atoms with Crippen molar-refractivity contribution in [2.24, 2.45) is 5.92 Å². The van der Waals surface area contributed by atoms with Gasteiger partial charge in [-0.1, -0.05) is 13.8 Å². The molecular formula is C15H19F2NO. The lowest BCUT2D eigenvalue weighted by molar-refractivity contribution is -0.119. The van der Waals surface area contributed by atoms with Crippen LogP contribution in [0.2, 0.25) is 0 Å². The molecule has 1 aromatic carbocycles. The molecule has 0 radical (unpaired) electrons. The van der Waals surface area contributed by atoms with E-state index in [1.807, 2.05) is 0 Å². The standard InChI is InChI=1S/C15H19F2NO/c1-10(2)8-15(4-3-14(19)18-15)9-11-5-12(16)7-13(17)6-11/h5-7,10H,3-4,8-9H2,1-2H3,(H,18,19). The van der Waals surface area contributed by atoms with Crippen LogP contribution in [0.4, 0.5) is 8.78 Å². The van der Waals surface area contributed by atoms with Crippen molar-refractivity contribution in [1.29, 1.82) is 0 Å². The maximum Gasteiger partial charge on any atom is 0.220 e. The lowest BCUT2D eigenvalue weighted by Crippen LogP contribution is -2.44. The second kappa shape index (κ2) is 5.27. The highest BCUT2D eigenvalue weighted by molar-refractivity contribution is 5.79. The van der Waals surface area contributed by atoms with Crippen LogP contribution >= 0.6 is 0 Å². The Kier molecular flexibility index (Phi) is 3.88. The Balaban J connectivity index is 2.22. The van der Waals surface area contributed by atoms with E-state index in [4.69, 9.17) is 0 Å². The van der Waals surface area contributed by atoms with Gasteiger partial charge in [-0.15, -0.1) is 0 Å². The van der Waals surface area contributed by atoms with Gasteiger partial charge in [-0.2, -0.15) is 0 Å². The highest BCUT2D eigenvalue weighted by Gasteiger charge is 2.38. The van der Waals surface area contributed by atoms with Gasteiger partial charge in [0.2, 0.25) is 5.91 Å². The molecule has 1 aliphatic heterocycles.